The van der Waals surface area contributed by atoms with E-state index in [2.05, 4.69) is 115 Å². The number of hydrogen-bond acceptors (Lipinski definition) is 2. The van der Waals surface area contributed by atoms with Crippen LogP contribution in [0.5, 0.6) is 0 Å². The van der Waals surface area contributed by atoms with Gasteiger partial charge in [-0.25, -0.2) is 0 Å². The van der Waals surface area contributed by atoms with Crippen LogP contribution in [0.2, 0.25) is 0 Å². The van der Waals surface area contributed by atoms with E-state index in [0.717, 1.165) is 6.08 Å². The molecule has 3 heteroatoms. The first kappa shape index (κ1) is 40.4. The van der Waals surface area contributed by atoms with Gasteiger partial charge in [-0.15, -0.1) is 0 Å². The fourth-order valence-electron chi connectivity index (χ4n) is 2.90. The monoisotopic (exact) mass is 582 g/mol. The van der Waals surface area contributed by atoms with E-state index in [-0.39, 0.29) is 0 Å². The first-order chi connectivity index (χ1) is 21.1. The van der Waals surface area contributed by atoms with E-state index in [1.54, 1.807) is 6.07 Å². The molecule has 44 heavy (non-hydrogen) atoms. The van der Waals surface area contributed by atoms with Crippen molar-refractivity contribution in [2.24, 2.45) is 5.73 Å². The van der Waals surface area contributed by atoms with Crippen LogP contribution < -0.4 is 5.73 Å². The number of nitrogens with zero attached hydrogens (tertiary/aromatic N) is 1. The maximum Gasteiger partial charge on any atom is 0.240 e. The number of benzene rings is 4. The highest BCUT2D eigenvalue weighted by Gasteiger charge is 1.87. The minimum Gasteiger partial charge on any atom is -0.366 e. The zero-order valence-electron chi connectivity index (χ0n) is 26.5. The minimum absolute atomic E-state index is 0.481. The lowest BCUT2D eigenvalue weighted by molar-refractivity contribution is -0.113. The first-order valence-electron chi connectivity index (χ1n) is 13.8. The maximum absolute atomic E-state index is 9.47. The SMILES string of the molecule is C=CC#N.C=CC(N)=O.C=Cc1ccc(C)cc1.C=Cc1cccc(C)c1.C=Cc1ccccc1.C=Cc1ccccc1C. The van der Waals surface area contributed by atoms with Crippen LogP contribution in [0.25, 0.3) is 24.3 Å². The Morgan fingerprint density at radius 1 is 0.614 bits per heavy atom. The second-order valence-electron chi connectivity index (χ2n) is 8.85. The summed E-state index contributed by atoms with van der Waals surface area (Å²) in [6.45, 7) is 27.1. The molecule has 4 rings (SSSR count). The van der Waals surface area contributed by atoms with E-state index in [0.29, 0.717) is 0 Å². The Labute approximate surface area is 266 Å². The number of carbonyl (C=O) groups excluding carboxylic acids is 1. The van der Waals surface area contributed by atoms with Gasteiger partial charge in [0, 0.05) is 6.08 Å². The number of nitriles is 1. The Balaban J connectivity index is 0. The molecule has 0 heterocycles. The normalized spacial score (nSPS) is 8.14. The highest BCUT2D eigenvalue weighted by atomic mass is 16.1. The molecule has 3 nitrogen and oxygen atoms in total. The standard InChI is InChI=1S/3C9H10.C8H8.C3H5NO.C3H3N/c1-3-9-6-4-8(2)5-7-9;1-3-9-6-4-5-8(2)7-9;1-3-9-7-5-4-6-8(9)2;1-2-8-6-4-3-5-7-8;1-2-3(4)5;1-2-3-4/h3*3-7H,1H2,2H3;2-7H,1H2;2H,1H2,(H2,4,5);2H,1H2. The van der Waals surface area contributed by atoms with Crippen LogP contribution in [-0.4, -0.2) is 5.91 Å². The average Bonchev–Trinajstić information content (AvgIpc) is 3.07. The summed E-state index contributed by atoms with van der Waals surface area (Å²) in [5.41, 5.74) is 13.2. The van der Waals surface area contributed by atoms with E-state index in [4.69, 9.17) is 5.26 Å². The van der Waals surface area contributed by atoms with E-state index >= 15 is 0 Å². The molecule has 2 N–H and O–H groups in total. The van der Waals surface area contributed by atoms with Gasteiger partial charge in [-0.05, 0) is 54.7 Å². The summed E-state index contributed by atoms with van der Waals surface area (Å²) in [6.07, 6.45) is 9.64. The van der Waals surface area contributed by atoms with E-state index in [1.165, 1.54) is 45.0 Å². The van der Waals surface area contributed by atoms with Crippen molar-refractivity contribution in [2.75, 3.05) is 0 Å². The third kappa shape index (κ3) is 23.0. The van der Waals surface area contributed by atoms with Crippen LogP contribution in [0.3, 0.4) is 0 Å². The van der Waals surface area contributed by atoms with Crippen LogP contribution in [0.15, 0.2) is 155 Å². The molecule has 0 aliphatic carbocycles. The fourth-order valence-corrected chi connectivity index (χ4v) is 2.90. The summed E-state index contributed by atoms with van der Waals surface area (Å²) < 4.78 is 0. The van der Waals surface area contributed by atoms with Crippen LogP contribution in [-0.2, 0) is 4.79 Å². The van der Waals surface area contributed by atoms with Crippen molar-refractivity contribution in [1.82, 2.24) is 0 Å². The predicted octanol–water partition coefficient (Wildman–Crippen LogP) is 10.6. The number of carbonyl (C=O) groups is 1. The minimum atomic E-state index is -0.481. The summed E-state index contributed by atoms with van der Waals surface area (Å²) >= 11 is 0. The fraction of sp³-hybridized carbons (Fsp3) is 0.0732. The van der Waals surface area contributed by atoms with Gasteiger partial charge < -0.3 is 5.73 Å². The Hall–Kier alpha value is -5.72. The molecule has 4 aromatic rings. The van der Waals surface area contributed by atoms with Crippen molar-refractivity contribution in [3.05, 3.63) is 194 Å². The lowest BCUT2D eigenvalue weighted by Gasteiger charge is -1.95. The van der Waals surface area contributed by atoms with E-state index < -0.39 is 5.91 Å². The third-order valence-corrected chi connectivity index (χ3v) is 5.33. The van der Waals surface area contributed by atoms with Gasteiger partial charge in [-0.1, -0.05) is 178 Å². The highest BCUT2D eigenvalue weighted by molar-refractivity contribution is 5.85. The molecule has 0 aromatic heterocycles. The van der Waals surface area contributed by atoms with Crippen LogP contribution in [0, 0.1) is 32.1 Å². The lowest BCUT2D eigenvalue weighted by atomic mass is 10.1. The van der Waals surface area contributed by atoms with Crippen LogP contribution >= 0.6 is 0 Å². The Morgan fingerprint density at radius 2 is 1.07 bits per heavy atom. The molecule has 0 radical (unpaired) electrons. The number of primary amides is 1. The van der Waals surface area contributed by atoms with Gasteiger partial charge in [0.25, 0.3) is 0 Å². The van der Waals surface area contributed by atoms with Gasteiger partial charge in [-0.3, -0.25) is 4.79 Å². The third-order valence-electron chi connectivity index (χ3n) is 5.33. The maximum atomic E-state index is 9.47. The van der Waals surface area contributed by atoms with Crippen molar-refractivity contribution in [3.8, 4) is 6.07 Å². The van der Waals surface area contributed by atoms with Crippen molar-refractivity contribution in [2.45, 2.75) is 20.8 Å². The van der Waals surface area contributed by atoms with Gasteiger partial charge in [0.1, 0.15) is 0 Å². The zero-order valence-corrected chi connectivity index (χ0v) is 26.5. The second-order valence-corrected chi connectivity index (χ2v) is 8.85. The molecule has 0 unspecified atom stereocenters. The number of nitrogens with two attached hydrogens (primary N) is 1. The Bertz CT molecular complexity index is 1460. The number of hydrogen-bond donors (Lipinski definition) is 1. The molecule has 0 atom stereocenters. The van der Waals surface area contributed by atoms with Crippen LogP contribution in [0.4, 0.5) is 0 Å². The first-order valence-corrected chi connectivity index (χ1v) is 13.8. The average molecular weight is 583 g/mol. The Kier molecular flexibility index (Phi) is 25.2. The zero-order chi connectivity index (χ0) is 33.6. The summed E-state index contributed by atoms with van der Waals surface area (Å²) in [6, 6.07) is 36.4. The largest absolute Gasteiger partial charge is 0.366 e. The van der Waals surface area contributed by atoms with E-state index in [1.807, 2.05) is 78.9 Å². The van der Waals surface area contributed by atoms with Crippen molar-refractivity contribution in [1.29, 1.82) is 5.26 Å². The van der Waals surface area contributed by atoms with Crippen molar-refractivity contribution in [3.63, 3.8) is 0 Å². The summed E-state index contributed by atoms with van der Waals surface area (Å²) in [5.74, 6) is -0.481. The molecule has 0 aliphatic rings. The number of amides is 1. The number of rotatable bonds is 5. The molecule has 0 saturated carbocycles. The van der Waals surface area contributed by atoms with E-state index in [9.17, 15) is 4.79 Å². The predicted molar refractivity (Wildman–Crippen MR) is 196 cm³/mol. The molecule has 0 saturated heterocycles. The highest BCUT2D eigenvalue weighted by Crippen LogP contribution is 2.07. The molecular formula is C41H46N2O. The van der Waals surface area contributed by atoms with Gasteiger partial charge in [0.05, 0.1) is 6.07 Å². The molecule has 0 aliphatic heterocycles. The summed E-state index contributed by atoms with van der Waals surface area (Å²) in [4.78, 5) is 9.47. The van der Waals surface area contributed by atoms with Crippen LogP contribution in [0.1, 0.15) is 38.9 Å². The molecular weight excluding hydrogens is 536 g/mol. The molecule has 0 bridgehead atoms. The molecule has 4 aromatic carbocycles. The van der Waals surface area contributed by atoms with Gasteiger partial charge in [-0.2, -0.15) is 5.26 Å². The van der Waals surface area contributed by atoms with Gasteiger partial charge in [0.15, 0.2) is 0 Å². The smallest absolute Gasteiger partial charge is 0.240 e. The molecule has 1 amide bonds. The summed E-state index contributed by atoms with van der Waals surface area (Å²) in [5, 5.41) is 7.51. The van der Waals surface area contributed by atoms with Crippen molar-refractivity contribution >= 4 is 30.2 Å². The topological polar surface area (TPSA) is 66.9 Å². The number of allylic oxidation sites excluding steroid dienone is 1. The summed E-state index contributed by atoms with van der Waals surface area (Å²) in [7, 11) is 0. The molecule has 0 spiro atoms. The quantitative estimate of drug-likeness (QED) is 0.188. The Morgan fingerprint density at radius 3 is 1.41 bits per heavy atom. The van der Waals surface area contributed by atoms with Gasteiger partial charge >= 0.3 is 0 Å². The molecule has 226 valence electrons. The second kappa shape index (κ2) is 27.4. The van der Waals surface area contributed by atoms with Gasteiger partial charge in [0.2, 0.25) is 5.91 Å². The molecule has 0 fully saturated rings. The number of aryl methyl sites for hydroxylation is 3. The lowest BCUT2D eigenvalue weighted by Crippen LogP contribution is -2.04. The van der Waals surface area contributed by atoms with Crippen molar-refractivity contribution < 1.29 is 4.79 Å².